The highest BCUT2D eigenvalue weighted by molar-refractivity contribution is 5.29. The average Bonchev–Trinajstić information content (AvgIpc) is 2.82. The van der Waals surface area contributed by atoms with Crippen LogP contribution in [0.2, 0.25) is 0 Å². The predicted octanol–water partition coefficient (Wildman–Crippen LogP) is 1.93. The number of hydrogen-bond donors (Lipinski definition) is 1. The molecule has 1 N–H and O–H groups in total. The molecule has 0 saturated heterocycles. The number of nitrogens with zero attached hydrogens (tertiary/aromatic N) is 2. The van der Waals surface area contributed by atoms with E-state index in [0.29, 0.717) is 0 Å². The number of nitrogens with one attached hydrogen (secondary N) is 1. The Bertz CT molecular complexity index is 507. The fourth-order valence-electron chi connectivity index (χ4n) is 2.09. The molecule has 0 spiro atoms. The van der Waals surface area contributed by atoms with Crippen LogP contribution in [0.25, 0.3) is 0 Å². The largest absolute Gasteiger partial charge is 0.497 e. The van der Waals surface area contributed by atoms with Crippen LogP contribution < -0.4 is 10.1 Å². The Morgan fingerprint density at radius 1 is 1.44 bits per heavy atom. The standard InChI is InChI=1S/C14H19N3O/c1-15-13(14-9-16-10-17(14)2)8-11-5-4-6-12(7-11)18-3/h4-7,9-10,13,15H,8H2,1-3H3. The van der Waals surface area contributed by atoms with E-state index in [1.165, 1.54) is 11.3 Å². The number of hydrogen-bond acceptors (Lipinski definition) is 3. The minimum atomic E-state index is 0.254. The van der Waals surface area contributed by atoms with Gasteiger partial charge in [-0.1, -0.05) is 12.1 Å². The zero-order chi connectivity index (χ0) is 13.0. The lowest BCUT2D eigenvalue weighted by Crippen LogP contribution is -2.21. The van der Waals surface area contributed by atoms with E-state index in [0.717, 1.165) is 12.2 Å². The van der Waals surface area contributed by atoms with Crippen LogP contribution in [0.1, 0.15) is 17.3 Å². The van der Waals surface area contributed by atoms with Gasteiger partial charge in [0.1, 0.15) is 5.75 Å². The highest BCUT2D eigenvalue weighted by Gasteiger charge is 2.13. The normalized spacial score (nSPS) is 12.4. The van der Waals surface area contributed by atoms with Gasteiger partial charge in [0.25, 0.3) is 0 Å². The molecule has 2 aromatic rings. The SMILES string of the molecule is CNC(Cc1cccc(OC)c1)c1cncn1C. The van der Waals surface area contributed by atoms with E-state index >= 15 is 0 Å². The molecule has 0 aliphatic heterocycles. The van der Waals surface area contributed by atoms with E-state index in [1.54, 1.807) is 7.11 Å². The summed E-state index contributed by atoms with van der Waals surface area (Å²) in [4.78, 5) is 4.16. The molecule has 0 aliphatic carbocycles. The Labute approximate surface area is 108 Å². The summed E-state index contributed by atoms with van der Waals surface area (Å²) in [5, 5.41) is 3.33. The van der Waals surface area contributed by atoms with Crippen molar-refractivity contribution in [1.29, 1.82) is 0 Å². The Morgan fingerprint density at radius 3 is 2.89 bits per heavy atom. The smallest absolute Gasteiger partial charge is 0.119 e. The number of benzene rings is 1. The first kappa shape index (κ1) is 12.6. The molecular formula is C14H19N3O. The lowest BCUT2D eigenvalue weighted by Gasteiger charge is -2.17. The maximum atomic E-state index is 5.25. The lowest BCUT2D eigenvalue weighted by atomic mass is 10.0. The van der Waals surface area contributed by atoms with Crippen molar-refractivity contribution >= 4 is 0 Å². The molecular weight excluding hydrogens is 226 g/mol. The van der Waals surface area contributed by atoms with Crippen LogP contribution in [-0.4, -0.2) is 23.7 Å². The van der Waals surface area contributed by atoms with Crippen LogP contribution in [-0.2, 0) is 13.5 Å². The van der Waals surface area contributed by atoms with E-state index in [9.17, 15) is 0 Å². The van der Waals surface area contributed by atoms with Crippen LogP contribution in [0, 0.1) is 0 Å². The van der Waals surface area contributed by atoms with Gasteiger partial charge in [0, 0.05) is 13.2 Å². The zero-order valence-electron chi connectivity index (χ0n) is 11.1. The number of methoxy groups -OCH3 is 1. The van der Waals surface area contributed by atoms with Gasteiger partial charge < -0.3 is 14.6 Å². The van der Waals surface area contributed by atoms with Gasteiger partial charge in [-0.2, -0.15) is 0 Å². The quantitative estimate of drug-likeness (QED) is 0.875. The van der Waals surface area contributed by atoms with Crippen molar-refractivity contribution in [2.75, 3.05) is 14.2 Å². The molecule has 0 aliphatic rings. The first-order chi connectivity index (χ1) is 8.74. The van der Waals surface area contributed by atoms with E-state index in [-0.39, 0.29) is 6.04 Å². The summed E-state index contributed by atoms with van der Waals surface area (Å²) in [6.45, 7) is 0. The second kappa shape index (κ2) is 5.69. The maximum Gasteiger partial charge on any atom is 0.119 e. The number of likely N-dealkylation sites (N-methyl/N-ethyl adjacent to an activating group) is 1. The first-order valence-corrected chi connectivity index (χ1v) is 6.01. The predicted molar refractivity (Wildman–Crippen MR) is 71.7 cm³/mol. The zero-order valence-corrected chi connectivity index (χ0v) is 11.1. The second-order valence-electron chi connectivity index (χ2n) is 4.33. The van der Waals surface area contributed by atoms with Crippen molar-refractivity contribution in [2.45, 2.75) is 12.5 Å². The molecule has 1 heterocycles. The maximum absolute atomic E-state index is 5.25. The summed E-state index contributed by atoms with van der Waals surface area (Å²) in [6, 6.07) is 8.42. The third-order valence-corrected chi connectivity index (χ3v) is 3.13. The van der Waals surface area contributed by atoms with Crippen LogP contribution in [0.15, 0.2) is 36.8 Å². The molecule has 0 radical (unpaired) electrons. The number of aryl methyl sites for hydroxylation is 1. The van der Waals surface area contributed by atoms with Crippen molar-refractivity contribution in [3.05, 3.63) is 48.0 Å². The summed E-state index contributed by atoms with van der Waals surface area (Å²) in [5.41, 5.74) is 2.43. The third-order valence-electron chi connectivity index (χ3n) is 3.13. The Balaban J connectivity index is 2.18. The Hall–Kier alpha value is -1.81. The van der Waals surface area contributed by atoms with Gasteiger partial charge >= 0.3 is 0 Å². The fraction of sp³-hybridized carbons (Fsp3) is 0.357. The molecule has 4 heteroatoms. The monoisotopic (exact) mass is 245 g/mol. The molecule has 0 amide bonds. The molecule has 18 heavy (non-hydrogen) atoms. The van der Waals surface area contributed by atoms with Crippen LogP contribution in [0.3, 0.4) is 0 Å². The van der Waals surface area contributed by atoms with Crippen molar-refractivity contribution in [3.8, 4) is 5.75 Å². The first-order valence-electron chi connectivity index (χ1n) is 6.01. The molecule has 0 fully saturated rings. The molecule has 4 nitrogen and oxygen atoms in total. The number of aromatic nitrogens is 2. The topological polar surface area (TPSA) is 39.1 Å². The van der Waals surface area contributed by atoms with Gasteiger partial charge in [0.2, 0.25) is 0 Å². The van der Waals surface area contributed by atoms with Crippen LogP contribution in [0.5, 0.6) is 5.75 Å². The summed E-state index contributed by atoms with van der Waals surface area (Å²) < 4.78 is 7.29. The van der Waals surface area contributed by atoms with Crippen LogP contribution >= 0.6 is 0 Å². The summed E-state index contributed by atoms with van der Waals surface area (Å²) >= 11 is 0. The number of imidazole rings is 1. The van der Waals surface area contributed by atoms with Gasteiger partial charge in [0.15, 0.2) is 0 Å². The highest BCUT2D eigenvalue weighted by Crippen LogP contribution is 2.20. The van der Waals surface area contributed by atoms with Gasteiger partial charge in [0.05, 0.1) is 25.2 Å². The average molecular weight is 245 g/mol. The lowest BCUT2D eigenvalue weighted by molar-refractivity contribution is 0.414. The van der Waals surface area contributed by atoms with Crippen molar-refractivity contribution < 1.29 is 4.74 Å². The van der Waals surface area contributed by atoms with E-state index in [1.807, 2.05) is 43.3 Å². The Kier molecular flexibility index (Phi) is 3.99. The van der Waals surface area contributed by atoms with E-state index < -0.39 is 0 Å². The fourth-order valence-corrected chi connectivity index (χ4v) is 2.09. The Morgan fingerprint density at radius 2 is 2.28 bits per heavy atom. The molecule has 1 atom stereocenters. The van der Waals surface area contributed by atoms with Gasteiger partial charge in [-0.3, -0.25) is 0 Å². The number of ether oxygens (including phenoxy) is 1. The molecule has 2 rings (SSSR count). The summed E-state index contributed by atoms with van der Waals surface area (Å²) in [7, 11) is 5.67. The molecule has 0 saturated carbocycles. The highest BCUT2D eigenvalue weighted by atomic mass is 16.5. The minimum absolute atomic E-state index is 0.254. The third kappa shape index (κ3) is 2.71. The van der Waals surface area contributed by atoms with Crippen molar-refractivity contribution in [2.24, 2.45) is 7.05 Å². The van der Waals surface area contributed by atoms with E-state index in [2.05, 4.69) is 22.4 Å². The number of rotatable bonds is 5. The molecule has 1 aromatic heterocycles. The van der Waals surface area contributed by atoms with Crippen molar-refractivity contribution in [3.63, 3.8) is 0 Å². The summed E-state index contributed by atoms with van der Waals surface area (Å²) in [5.74, 6) is 0.896. The van der Waals surface area contributed by atoms with Gasteiger partial charge in [-0.05, 0) is 31.2 Å². The molecule has 1 aromatic carbocycles. The summed E-state index contributed by atoms with van der Waals surface area (Å²) in [6.07, 6.45) is 4.64. The van der Waals surface area contributed by atoms with Crippen molar-refractivity contribution in [1.82, 2.24) is 14.9 Å². The molecule has 0 bridgehead atoms. The van der Waals surface area contributed by atoms with E-state index in [4.69, 9.17) is 4.74 Å². The second-order valence-corrected chi connectivity index (χ2v) is 4.33. The van der Waals surface area contributed by atoms with Gasteiger partial charge in [-0.25, -0.2) is 4.98 Å². The minimum Gasteiger partial charge on any atom is -0.497 e. The van der Waals surface area contributed by atoms with Gasteiger partial charge in [-0.15, -0.1) is 0 Å². The van der Waals surface area contributed by atoms with Crippen LogP contribution in [0.4, 0.5) is 0 Å². The molecule has 96 valence electrons. The molecule has 1 unspecified atom stereocenters.